The quantitative estimate of drug-likeness (QED) is 0.724. The molecule has 3 aromatic rings. The maximum atomic E-state index is 12.9. The van der Waals surface area contributed by atoms with Gasteiger partial charge in [0.05, 0.1) is 18.6 Å². The summed E-state index contributed by atoms with van der Waals surface area (Å²) in [4.78, 5) is 16.0. The summed E-state index contributed by atoms with van der Waals surface area (Å²) in [5.41, 5.74) is 0. The van der Waals surface area contributed by atoms with Crippen LogP contribution in [0, 0.1) is 0 Å². The van der Waals surface area contributed by atoms with Crippen molar-refractivity contribution in [2.75, 3.05) is 6.54 Å². The fourth-order valence-corrected chi connectivity index (χ4v) is 3.21. The largest absolute Gasteiger partial charge is 0.467 e. The van der Waals surface area contributed by atoms with Gasteiger partial charge in [0.1, 0.15) is 12.3 Å². The molecule has 8 heteroatoms. The van der Waals surface area contributed by atoms with Crippen molar-refractivity contribution in [1.29, 1.82) is 0 Å². The van der Waals surface area contributed by atoms with Gasteiger partial charge in [0, 0.05) is 6.54 Å². The minimum absolute atomic E-state index is 0.0296. The van der Waals surface area contributed by atoms with Gasteiger partial charge in [-0.05, 0) is 42.3 Å². The molecular formula is C17H19N5O3. The molecule has 0 bridgehead atoms. The minimum Gasteiger partial charge on any atom is -0.467 e. The Kier molecular flexibility index (Phi) is 4.32. The van der Waals surface area contributed by atoms with Crippen LogP contribution < -0.4 is 0 Å². The number of furan rings is 2. The smallest absolute Gasteiger partial charge is 0.246 e. The predicted molar refractivity (Wildman–Crippen MR) is 87.1 cm³/mol. The zero-order chi connectivity index (χ0) is 17.1. The molecule has 0 saturated carbocycles. The number of aromatic nitrogens is 4. The number of hydrogen-bond acceptors (Lipinski definition) is 6. The molecule has 1 saturated heterocycles. The molecule has 0 N–H and O–H groups in total. The monoisotopic (exact) mass is 341 g/mol. The summed E-state index contributed by atoms with van der Waals surface area (Å²) >= 11 is 0. The van der Waals surface area contributed by atoms with Gasteiger partial charge in [0.15, 0.2) is 5.76 Å². The van der Waals surface area contributed by atoms with E-state index in [4.69, 9.17) is 8.83 Å². The lowest BCUT2D eigenvalue weighted by atomic mass is 10.1. The number of nitrogens with zero attached hydrogens (tertiary/aromatic N) is 5. The maximum absolute atomic E-state index is 12.9. The van der Waals surface area contributed by atoms with Crippen LogP contribution in [0.25, 0.3) is 11.6 Å². The van der Waals surface area contributed by atoms with Gasteiger partial charge in [-0.1, -0.05) is 12.8 Å². The highest BCUT2D eigenvalue weighted by Gasteiger charge is 2.29. The summed E-state index contributed by atoms with van der Waals surface area (Å²) in [7, 11) is 0. The van der Waals surface area contributed by atoms with Gasteiger partial charge in [0.2, 0.25) is 11.7 Å². The van der Waals surface area contributed by atoms with Crippen molar-refractivity contribution in [2.24, 2.45) is 0 Å². The fraction of sp³-hybridized carbons (Fsp3) is 0.412. The minimum atomic E-state index is -0.0355. The molecule has 130 valence electrons. The number of carbonyl (C=O) groups excluding carboxylic acids is 1. The second kappa shape index (κ2) is 6.92. The van der Waals surface area contributed by atoms with Gasteiger partial charge < -0.3 is 13.7 Å². The molecule has 1 aliphatic heterocycles. The van der Waals surface area contributed by atoms with Crippen molar-refractivity contribution in [1.82, 2.24) is 25.1 Å². The molecule has 4 heterocycles. The average Bonchev–Trinajstić information content (AvgIpc) is 3.35. The molecule has 1 fully saturated rings. The SMILES string of the molecule is O=C(Cn1nnc(-c2ccco2)n1)N1CCCCC[C@@H]1c1ccco1. The lowest BCUT2D eigenvalue weighted by molar-refractivity contribution is -0.135. The van der Waals surface area contributed by atoms with E-state index in [1.165, 1.54) is 4.80 Å². The van der Waals surface area contributed by atoms with E-state index in [0.717, 1.165) is 31.4 Å². The van der Waals surface area contributed by atoms with Gasteiger partial charge in [-0.2, -0.15) is 4.80 Å². The molecule has 3 aromatic heterocycles. The van der Waals surface area contributed by atoms with Crippen LogP contribution in [0.3, 0.4) is 0 Å². The maximum Gasteiger partial charge on any atom is 0.246 e. The highest BCUT2D eigenvalue weighted by Crippen LogP contribution is 2.30. The molecule has 1 aliphatic rings. The third-order valence-electron chi connectivity index (χ3n) is 4.42. The van der Waals surface area contributed by atoms with E-state index in [1.807, 2.05) is 17.0 Å². The number of rotatable bonds is 4. The summed E-state index contributed by atoms with van der Waals surface area (Å²) in [6.45, 7) is 0.759. The molecule has 1 amide bonds. The van der Waals surface area contributed by atoms with Crippen LogP contribution in [0.1, 0.15) is 37.5 Å². The van der Waals surface area contributed by atoms with Gasteiger partial charge in [-0.3, -0.25) is 4.79 Å². The van der Waals surface area contributed by atoms with Crippen molar-refractivity contribution in [3.05, 3.63) is 42.6 Å². The first-order valence-corrected chi connectivity index (χ1v) is 8.46. The number of carbonyl (C=O) groups is 1. The van der Waals surface area contributed by atoms with Crippen LogP contribution in [0.15, 0.2) is 45.6 Å². The van der Waals surface area contributed by atoms with Crippen molar-refractivity contribution in [3.8, 4) is 11.6 Å². The van der Waals surface area contributed by atoms with Crippen molar-refractivity contribution >= 4 is 5.91 Å². The number of hydrogen-bond donors (Lipinski definition) is 0. The van der Waals surface area contributed by atoms with Crippen molar-refractivity contribution in [2.45, 2.75) is 38.3 Å². The Hall–Kier alpha value is -2.90. The zero-order valence-electron chi connectivity index (χ0n) is 13.7. The number of amides is 1. The second-order valence-corrected chi connectivity index (χ2v) is 6.09. The summed E-state index contributed by atoms with van der Waals surface area (Å²) in [5, 5.41) is 12.1. The van der Waals surface area contributed by atoms with Crippen LogP contribution in [0.5, 0.6) is 0 Å². The molecule has 4 rings (SSSR count). The summed E-state index contributed by atoms with van der Waals surface area (Å²) in [6.07, 6.45) is 7.29. The van der Waals surface area contributed by atoms with E-state index in [2.05, 4.69) is 15.4 Å². The highest BCUT2D eigenvalue weighted by atomic mass is 16.3. The topological polar surface area (TPSA) is 90.2 Å². The van der Waals surface area contributed by atoms with Crippen LogP contribution in [-0.4, -0.2) is 37.6 Å². The molecule has 0 spiro atoms. The zero-order valence-corrected chi connectivity index (χ0v) is 13.7. The van der Waals surface area contributed by atoms with E-state index >= 15 is 0 Å². The Bertz CT molecular complexity index is 809. The van der Waals surface area contributed by atoms with Gasteiger partial charge in [0.25, 0.3) is 0 Å². The summed E-state index contributed by atoms with van der Waals surface area (Å²) in [5.74, 6) is 1.70. The Morgan fingerprint density at radius 1 is 1.16 bits per heavy atom. The van der Waals surface area contributed by atoms with E-state index in [1.54, 1.807) is 24.7 Å². The van der Waals surface area contributed by atoms with Crippen molar-refractivity contribution in [3.63, 3.8) is 0 Å². The molecule has 0 aromatic carbocycles. The van der Waals surface area contributed by atoms with E-state index in [0.29, 0.717) is 18.1 Å². The number of tetrazole rings is 1. The number of likely N-dealkylation sites (tertiary alicyclic amines) is 1. The molecule has 25 heavy (non-hydrogen) atoms. The standard InChI is InChI=1S/C17H19N5O3/c23-16(12-22-19-17(18-20-22)15-8-5-11-25-15)21-9-3-1-2-6-13(21)14-7-4-10-24-14/h4-5,7-8,10-11,13H,1-3,6,9,12H2/t13-/m1/s1. The highest BCUT2D eigenvalue weighted by molar-refractivity contribution is 5.76. The second-order valence-electron chi connectivity index (χ2n) is 6.09. The average molecular weight is 341 g/mol. The van der Waals surface area contributed by atoms with Crippen molar-refractivity contribution < 1.29 is 13.6 Å². The molecule has 0 aliphatic carbocycles. The molecular weight excluding hydrogens is 322 g/mol. The molecule has 0 radical (unpaired) electrons. The first-order chi connectivity index (χ1) is 12.3. The van der Waals surface area contributed by atoms with E-state index < -0.39 is 0 Å². The Morgan fingerprint density at radius 2 is 2.04 bits per heavy atom. The van der Waals surface area contributed by atoms with E-state index in [-0.39, 0.29) is 18.5 Å². The third kappa shape index (κ3) is 3.33. The lowest BCUT2D eigenvalue weighted by Gasteiger charge is -2.28. The summed E-state index contributed by atoms with van der Waals surface area (Å²) in [6, 6.07) is 7.27. The van der Waals surface area contributed by atoms with Crippen LogP contribution >= 0.6 is 0 Å². The molecule has 8 nitrogen and oxygen atoms in total. The first kappa shape index (κ1) is 15.6. The Labute approximate surface area is 144 Å². The third-order valence-corrected chi connectivity index (χ3v) is 4.42. The summed E-state index contributed by atoms with van der Waals surface area (Å²) < 4.78 is 10.8. The Balaban J connectivity index is 1.50. The van der Waals surface area contributed by atoms with E-state index in [9.17, 15) is 4.79 Å². The van der Waals surface area contributed by atoms with Gasteiger partial charge in [-0.25, -0.2) is 0 Å². The lowest BCUT2D eigenvalue weighted by Crippen LogP contribution is -2.37. The first-order valence-electron chi connectivity index (χ1n) is 8.46. The van der Waals surface area contributed by atoms with Crippen LogP contribution in [0.4, 0.5) is 0 Å². The molecule has 1 atom stereocenters. The predicted octanol–water partition coefficient (Wildman–Crippen LogP) is 2.67. The van der Waals surface area contributed by atoms with Crippen LogP contribution in [0.2, 0.25) is 0 Å². The molecule has 0 unspecified atom stereocenters. The van der Waals surface area contributed by atoms with Gasteiger partial charge in [-0.15, -0.1) is 10.2 Å². The fourth-order valence-electron chi connectivity index (χ4n) is 3.21. The Morgan fingerprint density at radius 3 is 2.84 bits per heavy atom. The van der Waals surface area contributed by atoms with Crippen LogP contribution in [-0.2, 0) is 11.3 Å². The van der Waals surface area contributed by atoms with Gasteiger partial charge >= 0.3 is 0 Å². The normalized spacial score (nSPS) is 18.2.